The molecule has 0 atom stereocenters. The maximum Gasteiger partial charge on any atom is 0.359 e. The molecule has 5 heteroatoms. The zero-order valence-corrected chi connectivity index (χ0v) is 13.0. The number of fused-ring (bicyclic) bond motifs is 2. The lowest BCUT2D eigenvalue weighted by atomic mass is 10.1. The minimum Gasteiger partial charge on any atom is -0.461 e. The monoisotopic (exact) mass is 307 g/mol. The van der Waals surface area contributed by atoms with Gasteiger partial charge in [-0.05, 0) is 49.9 Å². The fourth-order valence-electron chi connectivity index (χ4n) is 3.10. The Balaban J connectivity index is 1.97. The van der Waals surface area contributed by atoms with E-state index in [0.29, 0.717) is 12.3 Å². The van der Waals surface area contributed by atoms with E-state index in [0.717, 1.165) is 41.7 Å². The van der Waals surface area contributed by atoms with Gasteiger partial charge in [-0.25, -0.2) is 14.5 Å². The van der Waals surface area contributed by atoms with E-state index in [9.17, 15) is 4.79 Å². The second kappa shape index (κ2) is 5.50. The largest absolute Gasteiger partial charge is 0.461 e. The number of carbonyl (C=O) groups excluding carboxylic acids is 1. The van der Waals surface area contributed by atoms with Gasteiger partial charge in [0.25, 0.3) is 0 Å². The number of benzene rings is 1. The van der Waals surface area contributed by atoms with Crippen LogP contribution >= 0.6 is 0 Å². The second-order valence-electron chi connectivity index (χ2n) is 5.64. The van der Waals surface area contributed by atoms with Crippen molar-refractivity contribution < 1.29 is 9.53 Å². The van der Waals surface area contributed by atoms with Crippen molar-refractivity contribution in [3.8, 4) is 5.69 Å². The Labute approximate surface area is 133 Å². The summed E-state index contributed by atoms with van der Waals surface area (Å²) in [6.07, 6.45) is 3.11. The maximum atomic E-state index is 12.3. The number of nitrogens with zero attached hydrogens (tertiary/aromatic N) is 3. The molecule has 0 fully saturated rings. The van der Waals surface area contributed by atoms with E-state index in [1.165, 1.54) is 5.56 Å². The Bertz CT molecular complexity index is 884. The van der Waals surface area contributed by atoms with E-state index in [2.05, 4.69) is 11.2 Å². The number of ether oxygens (including phenoxy) is 1. The van der Waals surface area contributed by atoms with Crippen LogP contribution in [0.5, 0.6) is 0 Å². The SMILES string of the molecule is CCOC(=O)c1nn(-c2ccccc2)c2nc3c(cc12)CCC3. The number of carbonyl (C=O) groups is 1. The highest BCUT2D eigenvalue weighted by molar-refractivity contribution is 6.01. The van der Waals surface area contributed by atoms with E-state index >= 15 is 0 Å². The van der Waals surface area contributed by atoms with Crippen molar-refractivity contribution in [1.82, 2.24) is 14.8 Å². The molecule has 0 bridgehead atoms. The van der Waals surface area contributed by atoms with Gasteiger partial charge in [0.05, 0.1) is 17.7 Å². The van der Waals surface area contributed by atoms with E-state index < -0.39 is 5.97 Å². The summed E-state index contributed by atoms with van der Waals surface area (Å²) >= 11 is 0. The molecule has 116 valence electrons. The van der Waals surface area contributed by atoms with Gasteiger partial charge in [0.2, 0.25) is 0 Å². The Hall–Kier alpha value is -2.69. The molecular formula is C18H17N3O2. The Kier molecular flexibility index (Phi) is 3.33. The summed E-state index contributed by atoms with van der Waals surface area (Å²) in [5, 5.41) is 5.27. The fourth-order valence-corrected chi connectivity index (χ4v) is 3.10. The molecule has 1 aliphatic carbocycles. The van der Waals surface area contributed by atoms with Gasteiger partial charge in [0.15, 0.2) is 11.3 Å². The summed E-state index contributed by atoms with van der Waals surface area (Å²) in [4.78, 5) is 17.1. The topological polar surface area (TPSA) is 57.0 Å². The summed E-state index contributed by atoms with van der Waals surface area (Å²) < 4.78 is 6.90. The third-order valence-electron chi connectivity index (χ3n) is 4.16. The highest BCUT2D eigenvalue weighted by atomic mass is 16.5. The number of rotatable bonds is 3. The molecule has 23 heavy (non-hydrogen) atoms. The predicted molar refractivity (Wildman–Crippen MR) is 86.8 cm³/mol. The molecule has 0 unspecified atom stereocenters. The average Bonchev–Trinajstić information content (AvgIpc) is 3.17. The van der Waals surface area contributed by atoms with Crippen LogP contribution in [-0.4, -0.2) is 27.3 Å². The van der Waals surface area contributed by atoms with Crippen molar-refractivity contribution in [3.05, 3.63) is 53.3 Å². The fraction of sp³-hybridized carbons (Fsp3) is 0.278. The molecule has 5 nitrogen and oxygen atoms in total. The third-order valence-corrected chi connectivity index (χ3v) is 4.16. The second-order valence-corrected chi connectivity index (χ2v) is 5.64. The van der Waals surface area contributed by atoms with Crippen LogP contribution in [0.4, 0.5) is 0 Å². The van der Waals surface area contributed by atoms with Crippen molar-refractivity contribution in [1.29, 1.82) is 0 Å². The smallest absolute Gasteiger partial charge is 0.359 e. The number of pyridine rings is 1. The lowest BCUT2D eigenvalue weighted by Crippen LogP contribution is -2.07. The molecule has 0 saturated heterocycles. The van der Waals surface area contributed by atoms with Crippen molar-refractivity contribution in [3.63, 3.8) is 0 Å². The number of hydrogen-bond acceptors (Lipinski definition) is 4. The number of aromatic nitrogens is 3. The molecule has 2 heterocycles. The van der Waals surface area contributed by atoms with Crippen molar-refractivity contribution in [2.75, 3.05) is 6.61 Å². The Morgan fingerprint density at radius 1 is 1.26 bits per heavy atom. The van der Waals surface area contributed by atoms with Gasteiger partial charge < -0.3 is 4.74 Å². The molecule has 0 radical (unpaired) electrons. The Morgan fingerprint density at radius 3 is 2.87 bits per heavy atom. The quantitative estimate of drug-likeness (QED) is 0.698. The zero-order chi connectivity index (χ0) is 15.8. The van der Waals surface area contributed by atoms with E-state index in [4.69, 9.17) is 9.72 Å². The molecule has 0 saturated carbocycles. The predicted octanol–water partition coefficient (Wildman–Crippen LogP) is 3.09. The highest BCUT2D eigenvalue weighted by Crippen LogP contribution is 2.28. The molecule has 3 aromatic rings. The first-order valence-corrected chi connectivity index (χ1v) is 7.92. The van der Waals surface area contributed by atoms with Gasteiger partial charge in [-0.3, -0.25) is 0 Å². The summed E-state index contributed by atoms with van der Waals surface area (Å²) in [6, 6.07) is 11.8. The van der Waals surface area contributed by atoms with Gasteiger partial charge in [-0.2, -0.15) is 5.10 Å². The summed E-state index contributed by atoms with van der Waals surface area (Å²) in [7, 11) is 0. The molecule has 0 N–H and O–H groups in total. The minimum atomic E-state index is -0.396. The van der Waals surface area contributed by atoms with Gasteiger partial charge in [-0.15, -0.1) is 0 Å². The lowest BCUT2D eigenvalue weighted by Gasteiger charge is -2.03. The molecule has 2 aromatic heterocycles. The molecule has 4 rings (SSSR count). The minimum absolute atomic E-state index is 0.330. The first-order valence-electron chi connectivity index (χ1n) is 7.92. The molecule has 0 spiro atoms. The summed E-state index contributed by atoms with van der Waals surface area (Å²) in [6.45, 7) is 2.13. The third kappa shape index (κ3) is 2.29. The number of para-hydroxylation sites is 1. The van der Waals surface area contributed by atoms with E-state index in [-0.39, 0.29) is 0 Å². The summed E-state index contributed by atoms with van der Waals surface area (Å²) in [5.41, 5.74) is 4.28. The molecular weight excluding hydrogens is 290 g/mol. The van der Waals surface area contributed by atoms with Crippen molar-refractivity contribution in [2.24, 2.45) is 0 Å². The van der Waals surface area contributed by atoms with Gasteiger partial charge >= 0.3 is 5.97 Å². The first-order chi connectivity index (χ1) is 11.3. The maximum absolute atomic E-state index is 12.3. The normalized spacial score (nSPS) is 13.3. The van der Waals surface area contributed by atoms with Crippen LogP contribution in [-0.2, 0) is 17.6 Å². The molecule has 0 amide bonds. The molecule has 1 aliphatic rings. The highest BCUT2D eigenvalue weighted by Gasteiger charge is 2.23. The van der Waals surface area contributed by atoms with Gasteiger partial charge in [0.1, 0.15) is 0 Å². The number of hydrogen-bond donors (Lipinski definition) is 0. The summed E-state index contributed by atoms with van der Waals surface area (Å²) in [5.74, 6) is -0.396. The van der Waals surface area contributed by atoms with Crippen LogP contribution in [0.15, 0.2) is 36.4 Å². The lowest BCUT2D eigenvalue weighted by molar-refractivity contribution is 0.0521. The van der Waals surface area contributed by atoms with Gasteiger partial charge in [0, 0.05) is 5.69 Å². The number of aryl methyl sites for hydroxylation is 2. The van der Waals surface area contributed by atoms with E-state index in [1.54, 1.807) is 11.6 Å². The van der Waals surface area contributed by atoms with Crippen LogP contribution in [0.3, 0.4) is 0 Å². The molecule has 1 aromatic carbocycles. The standard InChI is InChI=1S/C18H17N3O2/c1-2-23-18(22)16-14-11-12-7-6-10-15(12)19-17(14)21(20-16)13-8-4-3-5-9-13/h3-5,8-9,11H,2,6-7,10H2,1H3. The molecule has 0 aliphatic heterocycles. The van der Waals surface area contributed by atoms with Crippen molar-refractivity contribution >= 4 is 17.0 Å². The van der Waals surface area contributed by atoms with Crippen LogP contribution < -0.4 is 0 Å². The van der Waals surface area contributed by atoms with Crippen LogP contribution in [0.1, 0.15) is 35.1 Å². The first kappa shape index (κ1) is 13.9. The van der Waals surface area contributed by atoms with E-state index in [1.807, 2.05) is 30.3 Å². The van der Waals surface area contributed by atoms with Crippen LogP contribution in [0.2, 0.25) is 0 Å². The number of esters is 1. The van der Waals surface area contributed by atoms with Crippen LogP contribution in [0.25, 0.3) is 16.7 Å². The van der Waals surface area contributed by atoms with Gasteiger partial charge in [-0.1, -0.05) is 18.2 Å². The van der Waals surface area contributed by atoms with Crippen molar-refractivity contribution in [2.45, 2.75) is 26.2 Å². The van der Waals surface area contributed by atoms with Crippen LogP contribution in [0, 0.1) is 0 Å². The Morgan fingerprint density at radius 2 is 2.09 bits per heavy atom. The zero-order valence-electron chi connectivity index (χ0n) is 13.0. The average molecular weight is 307 g/mol.